The molecular formula is C8H8ClN5S. The van der Waals surface area contributed by atoms with Crippen LogP contribution < -0.4 is 11.1 Å². The number of aromatic nitrogens is 3. The van der Waals surface area contributed by atoms with E-state index in [2.05, 4.69) is 20.3 Å². The van der Waals surface area contributed by atoms with Crippen LogP contribution >= 0.6 is 22.9 Å². The summed E-state index contributed by atoms with van der Waals surface area (Å²) in [7, 11) is 0. The predicted octanol–water partition coefficient (Wildman–Crippen LogP) is 1.78. The van der Waals surface area contributed by atoms with Gasteiger partial charge in [-0.3, -0.25) is 0 Å². The summed E-state index contributed by atoms with van der Waals surface area (Å²) in [4.78, 5) is 11.4. The molecule has 0 aromatic carbocycles. The third-order valence-electron chi connectivity index (χ3n) is 1.66. The van der Waals surface area contributed by atoms with Crippen molar-refractivity contribution in [2.45, 2.75) is 6.54 Å². The van der Waals surface area contributed by atoms with Crippen LogP contribution in [0.4, 0.5) is 11.9 Å². The number of thiophene rings is 1. The zero-order valence-corrected chi connectivity index (χ0v) is 9.22. The van der Waals surface area contributed by atoms with E-state index in [1.54, 1.807) is 11.3 Å². The fraction of sp³-hybridized carbons (Fsp3) is 0.125. The molecule has 0 atom stereocenters. The maximum atomic E-state index is 5.63. The highest BCUT2D eigenvalue weighted by Crippen LogP contribution is 2.10. The summed E-state index contributed by atoms with van der Waals surface area (Å²) < 4.78 is 0. The number of nitrogen functional groups attached to an aromatic ring is 1. The molecule has 0 unspecified atom stereocenters. The van der Waals surface area contributed by atoms with Crippen molar-refractivity contribution in [3.05, 3.63) is 27.7 Å². The second kappa shape index (κ2) is 4.41. The second-order valence-corrected chi connectivity index (χ2v) is 3.89. The standard InChI is InChI=1S/C8H8ClN5S/c9-6-12-7(10)14-8(13-6)11-3-5-1-2-15-4-5/h1-2,4H,3H2,(H3,10,11,12,13,14). The van der Waals surface area contributed by atoms with Gasteiger partial charge in [0.1, 0.15) is 0 Å². The Hall–Kier alpha value is -1.40. The maximum absolute atomic E-state index is 5.63. The highest BCUT2D eigenvalue weighted by atomic mass is 35.5. The fourth-order valence-corrected chi connectivity index (χ4v) is 1.85. The minimum atomic E-state index is 0.0929. The van der Waals surface area contributed by atoms with Crippen molar-refractivity contribution >= 4 is 34.8 Å². The van der Waals surface area contributed by atoms with Gasteiger partial charge < -0.3 is 11.1 Å². The van der Waals surface area contributed by atoms with Crippen LogP contribution in [-0.2, 0) is 6.54 Å². The van der Waals surface area contributed by atoms with Gasteiger partial charge in [0.15, 0.2) is 0 Å². The minimum Gasteiger partial charge on any atom is -0.368 e. The molecule has 15 heavy (non-hydrogen) atoms. The Morgan fingerprint density at radius 1 is 1.40 bits per heavy atom. The Kier molecular flexibility index (Phi) is 2.98. The van der Waals surface area contributed by atoms with Gasteiger partial charge in [0.25, 0.3) is 0 Å². The summed E-state index contributed by atoms with van der Waals surface area (Å²) in [5, 5.41) is 7.15. The monoisotopic (exact) mass is 241 g/mol. The van der Waals surface area contributed by atoms with E-state index in [0.29, 0.717) is 12.5 Å². The zero-order valence-electron chi connectivity index (χ0n) is 7.64. The first-order valence-electron chi connectivity index (χ1n) is 4.16. The van der Waals surface area contributed by atoms with Gasteiger partial charge in [0, 0.05) is 6.54 Å². The van der Waals surface area contributed by atoms with Gasteiger partial charge in [0.05, 0.1) is 0 Å². The fourth-order valence-electron chi connectivity index (χ4n) is 1.02. The average Bonchev–Trinajstić information content (AvgIpc) is 2.65. The van der Waals surface area contributed by atoms with Crippen LogP contribution in [0.15, 0.2) is 16.8 Å². The highest BCUT2D eigenvalue weighted by Gasteiger charge is 2.01. The van der Waals surface area contributed by atoms with Crippen molar-refractivity contribution in [2.24, 2.45) is 0 Å². The van der Waals surface area contributed by atoms with Crippen LogP contribution in [0.3, 0.4) is 0 Å². The van der Waals surface area contributed by atoms with Gasteiger partial charge in [-0.1, -0.05) is 0 Å². The van der Waals surface area contributed by atoms with Crippen molar-refractivity contribution in [3.63, 3.8) is 0 Å². The van der Waals surface area contributed by atoms with E-state index >= 15 is 0 Å². The van der Waals surface area contributed by atoms with Gasteiger partial charge in [-0.25, -0.2) is 0 Å². The van der Waals surface area contributed by atoms with Gasteiger partial charge in [0.2, 0.25) is 17.2 Å². The minimum absolute atomic E-state index is 0.0929. The van der Waals surface area contributed by atoms with Crippen LogP contribution in [0.2, 0.25) is 5.28 Å². The van der Waals surface area contributed by atoms with E-state index in [4.69, 9.17) is 17.3 Å². The molecule has 0 aliphatic carbocycles. The maximum Gasteiger partial charge on any atom is 0.229 e. The summed E-state index contributed by atoms with van der Waals surface area (Å²) in [5.41, 5.74) is 6.59. The molecule has 0 fully saturated rings. The lowest BCUT2D eigenvalue weighted by atomic mass is 10.3. The van der Waals surface area contributed by atoms with Gasteiger partial charge in [-0.2, -0.15) is 26.3 Å². The molecule has 2 aromatic rings. The summed E-state index contributed by atoms with van der Waals surface area (Å²) >= 11 is 7.27. The Morgan fingerprint density at radius 2 is 2.27 bits per heavy atom. The van der Waals surface area contributed by atoms with Crippen LogP contribution in [-0.4, -0.2) is 15.0 Å². The number of halogens is 1. The van der Waals surface area contributed by atoms with Crippen LogP contribution in [0.5, 0.6) is 0 Å². The number of nitrogens with two attached hydrogens (primary N) is 1. The molecular weight excluding hydrogens is 234 g/mol. The summed E-state index contributed by atoms with van der Waals surface area (Å²) in [6.45, 7) is 0.642. The Balaban J connectivity index is 2.05. The molecule has 7 heteroatoms. The predicted molar refractivity (Wildman–Crippen MR) is 60.9 cm³/mol. The van der Waals surface area contributed by atoms with E-state index in [1.807, 2.05) is 16.8 Å². The first kappa shape index (κ1) is 10.1. The van der Waals surface area contributed by atoms with Gasteiger partial charge in [-0.05, 0) is 34.0 Å². The van der Waals surface area contributed by atoms with Crippen LogP contribution in [0.25, 0.3) is 0 Å². The number of rotatable bonds is 3. The normalized spacial score (nSPS) is 10.2. The molecule has 0 bridgehead atoms. The quantitative estimate of drug-likeness (QED) is 0.857. The molecule has 0 saturated carbocycles. The first-order valence-corrected chi connectivity index (χ1v) is 5.48. The molecule has 0 aliphatic rings. The Bertz CT molecular complexity index is 424. The molecule has 3 N–H and O–H groups in total. The number of hydrogen-bond acceptors (Lipinski definition) is 6. The van der Waals surface area contributed by atoms with E-state index < -0.39 is 0 Å². The third-order valence-corrected chi connectivity index (χ3v) is 2.56. The van der Waals surface area contributed by atoms with Crippen LogP contribution in [0.1, 0.15) is 5.56 Å². The number of nitrogens with one attached hydrogen (secondary N) is 1. The van der Waals surface area contributed by atoms with Gasteiger partial charge >= 0.3 is 0 Å². The summed E-state index contributed by atoms with van der Waals surface area (Å²) in [6, 6.07) is 2.02. The van der Waals surface area contributed by atoms with E-state index in [1.165, 1.54) is 0 Å². The van der Waals surface area contributed by atoms with Crippen molar-refractivity contribution in [1.82, 2.24) is 15.0 Å². The molecule has 2 aromatic heterocycles. The Labute approximate surface area is 95.3 Å². The largest absolute Gasteiger partial charge is 0.368 e. The average molecular weight is 242 g/mol. The topological polar surface area (TPSA) is 76.7 Å². The molecule has 2 rings (SSSR count). The molecule has 5 nitrogen and oxygen atoms in total. The molecule has 2 heterocycles. The summed E-state index contributed by atoms with van der Waals surface area (Å²) in [5.74, 6) is 0.501. The lowest BCUT2D eigenvalue weighted by Gasteiger charge is -2.03. The zero-order chi connectivity index (χ0) is 10.7. The SMILES string of the molecule is Nc1nc(Cl)nc(NCc2ccsc2)n1. The van der Waals surface area contributed by atoms with E-state index in [-0.39, 0.29) is 11.2 Å². The lowest BCUT2D eigenvalue weighted by Crippen LogP contribution is -2.06. The molecule has 0 saturated heterocycles. The second-order valence-electron chi connectivity index (χ2n) is 2.77. The molecule has 78 valence electrons. The first-order chi connectivity index (χ1) is 7.24. The number of hydrogen-bond donors (Lipinski definition) is 2. The molecule has 0 radical (unpaired) electrons. The van der Waals surface area contributed by atoms with Crippen molar-refractivity contribution < 1.29 is 0 Å². The number of nitrogens with zero attached hydrogens (tertiary/aromatic N) is 3. The smallest absolute Gasteiger partial charge is 0.229 e. The van der Waals surface area contributed by atoms with Gasteiger partial charge in [-0.15, -0.1) is 0 Å². The number of anilines is 2. The Morgan fingerprint density at radius 3 is 2.93 bits per heavy atom. The van der Waals surface area contributed by atoms with Crippen LogP contribution in [0, 0.1) is 0 Å². The summed E-state index contributed by atoms with van der Waals surface area (Å²) in [6.07, 6.45) is 0. The molecule has 0 spiro atoms. The van der Waals surface area contributed by atoms with E-state index in [9.17, 15) is 0 Å². The van der Waals surface area contributed by atoms with Crippen molar-refractivity contribution in [3.8, 4) is 0 Å². The van der Waals surface area contributed by atoms with Crippen molar-refractivity contribution in [2.75, 3.05) is 11.1 Å². The lowest BCUT2D eigenvalue weighted by molar-refractivity contribution is 1.01. The molecule has 0 amide bonds. The molecule has 0 aliphatic heterocycles. The highest BCUT2D eigenvalue weighted by molar-refractivity contribution is 7.07. The van der Waals surface area contributed by atoms with E-state index in [0.717, 1.165) is 5.56 Å². The third kappa shape index (κ3) is 2.77. The van der Waals surface area contributed by atoms with Crippen molar-refractivity contribution in [1.29, 1.82) is 0 Å².